The lowest BCUT2D eigenvalue weighted by Gasteiger charge is -2.26. The maximum absolute atomic E-state index is 5.90. The van der Waals surface area contributed by atoms with Gasteiger partial charge in [0.05, 0.1) is 0 Å². The van der Waals surface area contributed by atoms with Crippen LogP contribution in [0.1, 0.15) is 35.4 Å². The van der Waals surface area contributed by atoms with Crippen LogP contribution in [0.5, 0.6) is 0 Å². The summed E-state index contributed by atoms with van der Waals surface area (Å²) in [6.45, 7) is 4.35. The van der Waals surface area contributed by atoms with Crippen LogP contribution < -0.4 is 11.1 Å². The predicted octanol–water partition coefficient (Wildman–Crippen LogP) is 2.66. The van der Waals surface area contributed by atoms with Crippen LogP contribution in [0.2, 0.25) is 0 Å². The third-order valence-electron chi connectivity index (χ3n) is 3.42. The SMILES string of the molecule is Cc1ccc(CNCC2CCC(N)CC2)s1. The highest BCUT2D eigenvalue weighted by atomic mass is 32.1. The first-order chi connectivity index (χ1) is 7.74. The van der Waals surface area contributed by atoms with Gasteiger partial charge in [0.25, 0.3) is 0 Å². The Kier molecular flexibility index (Phi) is 4.38. The minimum absolute atomic E-state index is 0.469. The average molecular weight is 238 g/mol. The van der Waals surface area contributed by atoms with Crippen molar-refractivity contribution in [3.8, 4) is 0 Å². The van der Waals surface area contributed by atoms with Crippen molar-refractivity contribution in [3.63, 3.8) is 0 Å². The molecule has 0 aromatic carbocycles. The quantitative estimate of drug-likeness (QED) is 0.846. The zero-order valence-electron chi connectivity index (χ0n) is 10.0. The van der Waals surface area contributed by atoms with Crippen LogP contribution in [-0.2, 0) is 6.54 Å². The Bertz CT molecular complexity index is 313. The van der Waals surface area contributed by atoms with Crippen molar-refractivity contribution in [1.82, 2.24) is 5.32 Å². The van der Waals surface area contributed by atoms with Gasteiger partial charge in [-0.3, -0.25) is 0 Å². The zero-order valence-corrected chi connectivity index (χ0v) is 10.9. The van der Waals surface area contributed by atoms with E-state index in [1.54, 1.807) is 0 Å². The van der Waals surface area contributed by atoms with E-state index in [9.17, 15) is 0 Å². The van der Waals surface area contributed by atoms with Gasteiger partial charge >= 0.3 is 0 Å². The van der Waals surface area contributed by atoms with E-state index >= 15 is 0 Å². The Morgan fingerprint density at radius 2 is 2.06 bits per heavy atom. The fraction of sp³-hybridized carbons (Fsp3) is 0.692. The minimum atomic E-state index is 0.469. The van der Waals surface area contributed by atoms with Gasteiger partial charge in [-0.2, -0.15) is 0 Å². The monoisotopic (exact) mass is 238 g/mol. The molecule has 1 aliphatic carbocycles. The first-order valence-corrected chi connectivity index (χ1v) is 7.07. The van der Waals surface area contributed by atoms with E-state index in [1.807, 2.05) is 11.3 Å². The second-order valence-corrected chi connectivity index (χ2v) is 6.30. The summed E-state index contributed by atoms with van der Waals surface area (Å²) < 4.78 is 0. The van der Waals surface area contributed by atoms with Crippen molar-refractivity contribution in [2.75, 3.05) is 6.54 Å². The zero-order chi connectivity index (χ0) is 11.4. The fourth-order valence-electron chi connectivity index (χ4n) is 2.37. The molecule has 0 saturated heterocycles. The Morgan fingerprint density at radius 1 is 1.31 bits per heavy atom. The second kappa shape index (κ2) is 5.80. The average Bonchev–Trinajstić information content (AvgIpc) is 2.67. The van der Waals surface area contributed by atoms with E-state index < -0.39 is 0 Å². The van der Waals surface area contributed by atoms with Gasteiger partial charge < -0.3 is 11.1 Å². The third kappa shape index (κ3) is 3.58. The number of nitrogens with one attached hydrogen (secondary N) is 1. The molecule has 0 radical (unpaired) electrons. The number of rotatable bonds is 4. The highest BCUT2D eigenvalue weighted by Gasteiger charge is 2.17. The molecular formula is C13H22N2S. The normalized spacial score (nSPS) is 25.9. The van der Waals surface area contributed by atoms with Crippen molar-refractivity contribution in [3.05, 3.63) is 21.9 Å². The van der Waals surface area contributed by atoms with Crippen molar-refractivity contribution in [2.24, 2.45) is 11.7 Å². The summed E-state index contributed by atoms with van der Waals surface area (Å²) in [5.74, 6) is 0.848. The van der Waals surface area contributed by atoms with Gasteiger partial charge in [-0.1, -0.05) is 0 Å². The molecule has 1 aromatic heterocycles. The van der Waals surface area contributed by atoms with Crippen LogP contribution in [0.3, 0.4) is 0 Å². The molecule has 0 unspecified atom stereocenters. The number of hydrogen-bond acceptors (Lipinski definition) is 3. The van der Waals surface area contributed by atoms with Crippen LogP contribution in [0, 0.1) is 12.8 Å². The lowest BCUT2D eigenvalue weighted by Crippen LogP contribution is -2.31. The number of aryl methyl sites for hydroxylation is 1. The molecule has 3 heteroatoms. The van der Waals surface area contributed by atoms with Gasteiger partial charge in [-0.25, -0.2) is 0 Å². The minimum Gasteiger partial charge on any atom is -0.328 e. The summed E-state index contributed by atoms with van der Waals surface area (Å²) in [7, 11) is 0. The highest BCUT2D eigenvalue weighted by molar-refractivity contribution is 7.11. The van der Waals surface area contributed by atoms with Crippen LogP contribution in [0.15, 0.2) is 12.1 Å². The molecule has 2 nitrogen and oxygen atoms in total. The summed E-state index contributed by atoms with van der Waals surface area (Å²) in [6.07, 6.45) is 5.03. The standard InChI is InChI=1S/C13H22N2S/c1-10-2-7-13(16-10)9-15-8-11-3-5-12(14)6-4-11/h2,7,11-12,15H,3-6,8-9,14H2,1H3. The van der Waals surface area contributed by atoms with E-state index in [1.165, 1.54) is 35.4 Å². The van der Waals surface area contributed by atoms with Gasteiger partial charge in [0, 0.05) is 22.3 Å². The lowest BCUT2D eigenvalue weighted by molar-refractivity contribution is 0.314. The molecule has 1 saturated carbocycles. The van der Waals surface area contributed by atoms with Crippen molar-refractivity contribution in [2.45, 2.75) is 45.2 Å². The smallest absolute Gasteiger partial charge is 0.0299 e. The molecule has 0 bridgehead atoms. The summed E-state index contributed by atoms with van der Waals surface area (Å²) in [5.41, 5.74) is 5.90. The molecule has 1 aliphatic rings. The highest BCUT2D eigenvalue weighted by Crippen LogP contribution is 2.22. The Hall–Kier alpha value is -0.380. The molecule has 16 heavy (non-hydrogen) atoms. The summed E-state index contributed by atoms with van der Waals surface area (Å²) in [4.78, 5) is 2.85. The molecule has 1 heterocycles. The van der Waals surface area contributed by atoms with Gasteiger partial charge in [0.15, 0.2) is 0 Å². The first kappa shape index (κ1) is 12.1. The second-order valence-electron chi connectivity index (χ2n) is 4.92. The summed E-state index contributed by atoms with van der Waals surface area (Å²) >= 11 is 1.89. The van der Waals surface area contributed by atoms with Crippen LogP contribution in [0.4, 0.5) is 0 Å². The van der Waals surface area contributed by atoms with Gasteiger partial charge in [0.2, 0.25) is 0 Å². The van der Waals surface area contributed by atoms with E-state index in [2.05, 4.69) is 24.4 Å². The van der Waals surface area contributed by atoms with Crippen molar-refractivity contribution in [1.29, 1.82) is 0 Å². The lowest BCUT2D eigenvalue weighted by atomic mass is 9.86. The molecule has 1 aromatic rings. The van der Waals surface area contributed by atoms with E-state index in [4.69, 9.17) is 5.73 Å². The maximum Gasteiger partial charge on any atom is 0.0299 e. The summed E-state index contributed by atoms with van der Waals surface area (Å²) in [5, 5.41) is 3.57. The van der Waals surface area contributed by atoms with E-state index in [0.29, 0.717) is 6.04 Å². The van der Waals surface area contributed by atoms with E-state index in [-0.39, 0.29) is 0 Å². The predicted molar refractivity (Wildman–Crippen MR) is 70.7 cm³/mol. The molecule has 2 rings (SSSR count). The fourth-order valence-corrected chi connectivity index (χ4v) is 3.23. The molecular weight excluding hydrogens is 216 g/mol. The third-order valence-corrected chi connectivity index (χ3v) is 4.42. The van der Waals surface area contributed by atoms with Gasteiger partial charge in [-0.05, 0) is 57.2 Å². The maximum atomic E-state index is 5.90. The topological polar surface area (TPSA) is 38.0 Å². The first-order valence-electron chi connectivity index (χ1n) is 6.25. The van der Waals surface area contributed by atoms with Gasteiger partial charge in [-0.15, -0.1) is 11.3 Å². The molecule has 0 amide bonds. The molecule has 3 N–H and O–H groups in total. The Morgan fingerprint density at radius 3 is 2.69 bits per heavy atom. The number of hydrogen-bond donors (Lipinski definition) is 2. The molecule has 0 spiro atoms. The number of thiophene rings is 1. The van der Waals surface area contributed by atoms with Crippen molar-refractivity contribution >= 4 is 11.3 Å². The summed E-state index contributed by atoms with van der Waals surface area (Å²) in [6, 6.07) is 4.89. The van der Waals surface area contributed by atoms with Crippen LogP contribution in [0.25, 0.3) is 0 Å². The Labute approximate surface area is 102 Å². The molecule has 1 fully saturated rings. The largest absolute Gasteiger partial charge is 0.328 e. The van der Waals surface area contributed by atoms with Gasteiger partial charge in [0.1, 0.15) is 0 Å². The van der Waals surface area contributed by atoms with Crippen LogP contribution in [-0.4, -0.2) is 12.6 Å². The van der Waals surface area contributed by atoms with Crippen molar-refractivity contribution < 1.29 is 0 Å². The molecule has 90 valence electrons. The molecule has 0 atom stereocenters. The Balaban J connectivity index is 1.64. The van der Waals surface area contributed by atoms with Crippen LogP contribution >= 0.6 is 11.3 Å². The van der Waals surface area contributed by atoms with E-state index in [0.717, 1.165) is 19.0 Å². The molecule has 0 aliphatic heterocycles. The number of nitrogens with two attached hydrogens (primary N) is 1.